The Kier molecular flexibility index (Phi) is 5.62. The summed E-state index contributed by atoms with van der Waals surface area (Å²) in [6.45, 7) is 2.27. The van der Waals surface area contributed by atoms with Crippen molar-refractivity contribution in [3.05, 3.63) is 58.4 Å². The van der Waals surface area contributed by atoms with Crippen molar-refractivity contribution in [1.82, 2.24) is 4.72 Å². The number of thiophene rings is 1. The van der Waals surface area contributed by atoms with Gasteiger partial charge in [0.25, 0.3) is 5.91 Å². The lowest BCUT2D eigenvalue weighted by Crippen LogP contribution is -2.24. The van der Waals surface area contributed by atoms with Crippen LogP contribution in [0.15, 0.2) is 53.4 Å². The fraction of sp³-hybridized carbons (Fsp3) is 0.167. The molecule has 0 radical (unpaired) electrons. The summed E-state index contributed by atoms with van der Waals surface area (Å²) in [6.07, 6.45) is 0.712. The number of sulfonamides is 1. The summed E-state index contributed by atoms with van der Waals surface area (Å²) >= 11 is 7.63. The van der Waals surface area contributed by atoms with E-state index in [0.29, 0.717) is 28.6 Å². The van der Waals surface area contributed by atoms with Gasteiger partial charge < -0.3 is 5.32 Å². The summed E-state index contributed by atoms with van der Waals surface area (Å²) in [6, 6.07) is 13.6. The number of carbonyl (C=O) groups is 1. The zero-order chi connectivity index (χ0) is 18.7. The molecule has 0 aliphatic carbocycles. The second kappa shape index (κ2) is 7.75. The van der Waals surface area contributed by atoms with Gasteiger partial charge in [-0.1, -0.05) is 36.7 Å². The number of fused-ring (bicyclic) bond motifs is 1. The van der Waals surface area contributed by atoms with Crippen molar-refractivity contribution in [3.63, 3.8) is 0 Å². The lowest BCUT2D eigenvalue weighted by molar-refractivity contribution is 0.103. The molecular formula is C18H17ClN2O3S2. The number of rotatable bonds is 6. The minimum atomic E-state index is -3.53. The number of amides is 1. The van der Waals surface area contributed by atoms with E-state index in [9.17, 15) is 13.2 Å². The summed E-state index contributed by atoms with van der Waals surface area (Å²) in [4.78, 5) is 13.1. The van der Waals surface area contributed by atoms with Crippen LogP contribution in [0.25, 0.3) is 10.1 Å². The van der Waals surface area contributed by atoms with Gasteiger partial charge in [-0.25, -0.2) is 13.1 Å². The summed E-state index contributed by atoms with van der Waals surface area (Å²) in [5.74, 6) is -0.323. The predicted molar refractivity (Wildman–Crippen MR) is 107 cm³/mol. The number of hydrogen-bond donors (Lipinski definition) is 2. The third-order valence-electron chi connectivity index (χ3n) is 3.71. The van der Waals surface area contributed by atoms with Crippen LogP contribution >= 0.6 is 22.9 Å². The molecule has 136 valence electrons. The summed E-state index contributed by atoms with van der Waals surface area (Å²) in [7, 11) is -3.53. The molecule has 0 spiro atoms. The normalized spacial score (nSPS) is 11.6. The maximum absolute atomic E-state index is 12.5. The first-order chi connectivity index (χ1) is 12.4. The molecule has 2 aromatic carbocycles. The maximum Gasteiger partial charge on any atom is 0.267 e. The molecule has 0 atom stereocenters. The van der Waals surface area contributed by atoms with Gasteiger partial charge >= 0.3 is 0 Å². The fourth-order valence-electron chi connectivity index (χ4n) is 2.39. The van der Waals surface area contributed by atoms with Crippen molar-refractivity contribution in [2.24, 2.45) is 0 Å². The number of carbonyl (C=O) groups excluding carboxylic acids is 1. The number of halogens is 1. The quantitative estimate of drug-likeness (QED) is 0.630. The van der Waals surface area contributed by atoms with Crippen molar-refractivity contribution in [1.29, 1.82) is 0 Å². The van der Waals surface area contributed by atoms with Crippen LogP contribution in [-0.2, 0) is 10.0 Å². The van der Waals surface area contributed by atoms with Crippen LogP contribution in [0.4, 0.5) is 5.69 Å². The summed E-state index contributed by atoms with van der Waals surface area (Å²) in [5, 5.41) is 4.02. The zero-order valence-corrected chi connectivity index (χ0v) is 16.3. The van der Waals surface area contributed by atoms with E-state index in [4.69, 9.17) is 11.6 Å². The minimum Gasteiger partial charge on any atom is -0.321 e. The van der Waals surface area contributed by atoms with Crippen LogP contribution in [0.2, 0.25) is 5.02 Å². The molecule has 2 N–H and O–H groups in total. The second-order valence-corrected chi connectivity index (χ2v) is 8.81. The highest BCUT2D eigenvalue weighted by Gasteiger charge is 2.18. The standard InChI is InChI=1S/C18H17ClN2O3S2/c1-2-11-20-26(23,24)13-9-7-12(8-10-13)21-18(22)17-16(19)14-5-3-4-6-15(14)25-17/h3-10,20H,2,11H2,1H3,(H,21,22). The highest BCUT2D eigenvalue weighted by atomic mass is 35.5. The molecular weight excluding hydrogens is 392 g/mol. The average Bonchev–Trinajstić information content (AvgIpc) is 2.98. The topological polar surface area (TPSA) is 75.3 Å². The average molecular weight is 409 g/mol. The van der Waals surface area contributed by atoms with Gasteiger partial charge in [0.15, 0.2) is 0 Å². The van der Waals surface area contributed by atoms with Crippen LogP contribution in [0.1, 0.15) is 23.0 Å². The van der Waals surface area contributed by atoms with Crippen molar-refractivity contribution in [3.8, 4) is 0 Å². The van der Waals surface area contributed by atoms with E-state index >= 15 is 0 Å². The number of benzene rings is 2. The molecule has 1 amide bonds. The molecule has 3 rings (SSSR count). The Morgan fingerprint density at radius 1 is 1.12 bits per heavy atom. The number of anilines is 1. The van der Waals surface area contributed by atoms with E-state index < -0.39 is 10.0 Å². The monoisotopic (exact) mass is 408 g/mol. The molecule has 0 aliphatic rings. The largest absolute Gasteiger partial charge is 0.321 e. The molecule has 0 aliphatic heterocycles. The Balaban J connectivity index is 1.78. The van der Waals surface area contributed by atoms with Gasteiger partial charge in [-0.15, -0.1) is 11.3 Å². The third-order valence-corrected chi connectivity index (χ3v) is 6.86. The number of nitrogens with one attached hydrogen (secondary N) is 2. The lowest BCUT2D eigenvalue weighted by atomic mass is 10.2. The molecule has 0 bridgehead atoms. The lowest BCUT2D eigenvalue weighted by Gasteiger charge is -2.08. The van der Waals surface area contributed by atoms with Crippen LogP contribution in [0.3, 0.4) is 0 Å². The molecule has 0 saturated heterocycles. The molecule has 8 heteroatoms. The summed E-state index contributed by atoms with van der Waals surface area (Å²) < 4.78 is 27.6. The third kappa shape index (κ3) is 3.91. The zero-order valence-electron chi connectivity index (χ0n) is 14.0. The Morgan fingerprint density at radius 3 is 2.46 bits per heavy atom. The van der Waals surface area contributed by atoms with Gasteiger partial charge in [-0.3, -0.25) is 4.79 Å². The van der Waals surface area contributed by atoms with Crippen LogP contribution in [0.5, 0.6) is 0 Å². The van der Waals surface area contributed by atoms with Gasteiger partial charge in [0.1, 0.15) is 4.88 Å². The maximum atomic E-state index is 12.5. The van der Waals surface area contributed by atoms with Gasteiger partial charge in [0, 0.05) is 22.3 Å². The molecule has 1 aromatic heterocycles. The summed E-state index contributed by atoms with van der Waals surface area (Å²) in [5.41, 5.74) is 0.498. The molecule has 0 unspecified atom stereocenters. The molecule has 5 nitrogen and oxygen atoms in total. The van der Waals surface area contributed by atoms with E-state index in [-0.39, 0.29) is 10.8 Å². The Bertz CT molecular complexity index is 1040. The Morgan fingerprint density at radius 2 is 1.81 bits per heavy atom. The van der Waals surface area contributed by atoms with Crippen molar-refractivity contribution in [2.75, 3.05) is 11.9 Å². The van der Waals surface area contributed by atoms with Gasteiger partial charge in [0.05, 0.1) is 9.92 Å². The van der Waals surface area contributed by atoms with E-state index in [1.807, 2.05) is 31.2 Å². The highest BCUT2D eigenvalue weighted by Crippen LogP contribution is 2.35. The van der Waals surface area contributed by atoms with E-state index in [2.05, 4.69) is 10.0 Å². The smallest absolute Gasteiger partial charge is 0.267 e. The fourth-order valence-corrected chi connectivity index (χ4v) is 4.93. The highest BCUT2D eigenvalue weighted by molar-refractivity contribution is 7.89. The molecule has 1 heterocycles. The van der Waals surface area contributed by atoms with Gasteiger partial charge in [-0.05, 0) is 36.8 Å². The van der Waals surface area contributed by atoms with Crippen LogP contribution in [0, 0.1) is 0 Å². The van der Waals surface area contributed by atoms with Crippen LogP contribution < -0.4 is 10.0 Å². The van der Waals surface area contributed by atoms with E-state index in [1.54, 1.807) is 12.1 Å². The van der Waals surface area contributed by atoms with Crippen molar-refractivity contribution >= 4 is 54.6 Å². The SMILES string of the molecule is CCCNS(=O)(=O)c1ccc(NC(=O)c2sc3ccccc3c2Cl)cc1. The van der Waals surface area contributed by atoms with Gasteiger partial charge in [0.2, 0.25) is 10.0 Å². The Hall–Kier alpha value is -1.93. The molecule has 3 aromatic rings. The predicted octanol–water partition coefficient (Wildman–Crippen LogP) is 4.50. The molecule has 0 fully saturated rings. The Labute approximate surface area is 161 Å². The van der Waals surface area contributed by atoms with E-state index in [0.717, 1.165) is 10.1 Å². The van der Waals surface area contributed by atoms with E-state index in [1.165, 1.54) is 23.5 Å². The number of hydrogen-bond acceptors (Lipinski definition) is 4. The molecule has 0 saturated carbocycles. The van der Waals surface area contributed by atoms with Crippen LogP contribution in [-0.4, -0.2) is 20.9 Å². The van der Waals surface area contributed by atoms with Gasteiger partial charge in [-0.2, -0.15) is 0 Å². The first kappa shape index (κ1) is 18.8. The minimum absolute atomic E-state index is 0.156. The molecule has 26 heavy (non-hydrogen) atoms. The van der Waals surface area contributed by atoms with Crippen molar-refractivity contribution in [2.45, 2.75) is 18.2 Å². The second-order valence-electron chi connectivity index (χ2n) is 5.62. The first-order valence-electron chi connectivity index (χ1n) is 8.00. The van der Waals surface area contributed by atoms with Crippen molar-refractivity contribution < 1.29 is 13.2 Å². The first-order valence-corrected chi connectivity index (χ1v) is 10.7.